The largest absolute Gasteiger partial charge is 0.344 e. The lowest BCUT2D eigenvalue weighted by molar-refractivity contribution is -0.133. The number of sulfonamides is 1. The molecule has 1 aliphatic heterocycles. The number of nitrogens with zero attached hydrogens (tertiary/aromatic N) is 2. The van der Waals surface area contributed by atoms with Crippen molar-refractivity contribution in [3.8, 4) is 0 Å². The molecule has 1 aromatic rings. The normalized spacial score (nSPS) is 20.2. The molecule has 1 fully saturated rings. The van der Waals surface area contributed by atoms with Crippen molar-refractivity contribution < 1.29 is 13.2 Å². The first kappa shape index (κ1) is 20.4. The van der Waals surface area contributed by atoms with Crippen LogP contribution in [0.25, 0.3) is 0 Å². The van der Waals surface area contributed by atoms with Gasteiger partial charge in [-0.2, -0.15) is 4.31 Å². The summed E-state index contributed by atoms with van der Waals surface area (Å²) in [5, 5.41) is 0. The Morgan fingerprint density at radius 1 is 1.44 bits per heavy atom. The standard InChI is InChI=1S/C17H29N3O3S2/c1-12(2)14(18)9-11-19(4)17(21)15-6-5-10-20(15)25(22,23)16-8-7-13(3)24-16/h7-8,12,14-15H,5-6,9-11,18H2,1-4H3. The molecule has 25 heavy (non-hydrogen) atoms. The van der Waals surface area contributed by atoms with Crippen LogP contribution in [-0.4, -0.2) is 55.8 Å². The molecule has 8 heteroatoms. The fourth-order valence-corrected chi connectivity index (χ4v) is 6.05. The van der Waals surface area contributed by atoms with Crippen LogP contribution in [0.3, 0.4) is 0 Å². The molecular weight excluding hydrogens is 358 g/mol. The summed E-state index contributed by atoms with van der Waals surface area (Å²) < 4.78 is 27.5. The van der Waals surface area contributed by atoms with E-state index in [4.69, 9.17) is 5.73 Å². The highest BCUT2D eigenvalue weighted by molar-refractivity contribution is 7.91. The maximum atomic E-state index is 12.9. The van der Waals surface area contributed by atoms with E-state index < -0.39 is 16.1 Å². The molecule has 1 aliphatic rings. The third kappa shape index (κ3) is 4.61. The number of carbonyl (C=O) groups excluding carboxylic acids is 1. The van der Waals surface area contributed by atoms with Crippen molar-refractivity contribution in [3.63, 3.8) is 0 Å². The molecule has 2 rings (SSSR count). The van der Waals surface area contributed by atoms with Gasteiger partial charge >= 0.3 is 0 Å². The Kier molecular flexibility index (Phi) is 6.64. The Hall–Kier alpha value is -0.960. The molecule has 2 unspecified atom stereocenters. The van der Waals surface area contributed by atoms with Crippen molar-refractivity contribution in [2.24, 2.45) is 11.7 Å². The molecule has 0 bridgehead atoms. The van der Waals surface area contributed by atoms with Gasteiger partial charge in [0.15, 0.2) is 0 Å². The zero-order chi connectivity index (χ0) is 18.8. The Bertz CT molecular complexity index is 700. The van der Waals surface area contributed by atoms with E-state index >= 15 is 0 Å². The summed E-state index contributed by atoms with van der Waals surface area (Å²) >= 11 is 1.25. The third-order valence-corrected chi connectivity index (χ3v) is 8.17. The quantitative estimate of drug-likeness (QED) is 0.776. The number of amides is 1. The predicted octanol–water partition coefficient (Wildman–Crippen LogP) is 2.04. The van der Waals surface area contributed by atoms with Crippen molar-refractivity contribution in [2.75, 3.05) is 20.1 Å². The average molecular weight is 388 g/mol. The van der Waals surface area contributed by atoms with E-state index in [0.29, 0.717) is 42.5 Å². The molecule has 0 aromatic carbocycles. The number of hydrogen-bond donors (Lipinski definition) is 1. The molecule has 2 N–H and O–H groups in total. The average Bonchev–Trinajstić information content (AvgIpc) is 3.20. The number of thiophene rings is 1. The minimum absolute atomic E-state index is 0.0350. The number of likely N-dealkylation sites (N-methyl/N-ethyl adjacent to an activating group) is 1. The highest BCUT2D eigenvalue weighted by Crippen LogP contribution is 2.30. The van der Waals surface area contributed by atoms with Gasteiger partial charge in [-0.15, -0.1) is 11.3 Å². The van der Waals surface area contributed by atoms with E-state index in [2.05, 4.69) is 13.8 Å². The number of hydrogen-bond acceptors (Lipinski definition) is 5. The molecule has 142 valence electrons. The number of carbonyl (C=O) groups is 1. The zero-order valence-electron chi connectivity index (χ0n) is 15.4. The van der Waals surface area contributed by atoms with Gasteiger partial charge in [0.25, 0.3) is 10.0 Å². The summed E-state index contributed by atoms with van der Waals surface area (Å²) in [4.78, 5) is 15.4. The van der Waals surface area contributed by atoms with Crippen LogP contribution in [0.4, 0.5) is 0 Å². The van der Waals surface area contributed by atoms with Crippen molar-refractivity contribution in [2.45, 2.75) is 56.3 Å². The van der Waals surface area contributed by atoms with Crippen molar-refractivity contribution in [1.29, 1.82) is 0 Å². The van der Waals surface area contributed by atoms with Gasteiger partial charge in [-0.25, -0.2) is 8.42 Å². The van der Waals surface area contributed by atoms with E-state index in [-0.39, 0.29) is 11.9 Å². The fraction of sp³-hybridized carbons (Fsp3) is 0.706. The highest BCUT2D eigenvalue weighted by Gasteiger charge is 2.41. The number of nitrogens with two attached hydrogens (primary N) is 1. The molecule has 0 saturated carbocycles. The molecule has 6 nitrogen and oxygen atoms in total. The van der Waals surface area contributed by atoms with E-state index in [9.17, 15) is 13.2 Å². The predicted molar refractivity (Wildman–Crippen MR) is 101 cm³/mol. The number of aryl methyl sites for hydroxylation is 1. The van der Waals surface area contributed by atoms with Gasteiger partial charge in [-0.3, -0.25) is 4.79 Å². The highest BCUT2D eigenvalue weighted by atomic mass is 32.2. The Labute approximate surface area is 155 Å². The van der Waals surface area contributed by atoms with E-state index in [0.717, 1.165) is 4.88 Å². The Balaban J connectivity index is 2.08. The summed E-state index contributed by atoms with van der Waals surface area (Å²) in [5.41, 5.74) is 6.05. The van der Waals surface area contributed by atoms with Gasteiger partial charge in [0.1, 0.15) is 10.3 Å². The molecule has 0 radical (unpaired) electrons. The number of rotatable bonds is 7. The smallest absolute Gasteiger partial charge is 0.253 e. The van der Waals surface area contributed by atoms with Gasteiger partial charge in [0.05, 0.1) is 0 Å². The van der Waals surface area contributed by atoms with E-state index in [1.807, 2.05) is 6.92 Å². The van der Waals surface area contributed by atoms with Crippen molar-refractivity contribution >= 4 is 27.3 Å². The second-order valence-electron chi connectivity index (χ2n) is 7.10. The van der Waals surface area contributed by atoms with E-state index in [1.165, 1.54) is 15.6 Å². The Morgan fingerprint density at radius 2 is 2.12 bits per heavy atom. The summed E-state index contributed by atoms with van der Waals surface area (Å²) in [6, 6.07) is 2.85. The third-order valence-electron chi connectivity index (χ3n) is 4.80. The lowest BCUT2D eigenvalue weighted by Gasteiger charge is -2.28. The maximum absolute atomic E-state index is 12.9. The molecule has 1 saturated heterocycles. The van der Waals surface area contributed by atoms with Crippen LogP contribution in [-0.2, 0) is 14.8 Å². The first-order chi connectivity index (χ1) is 11.6. The topological polar surface area (TPSA) is 83.7 Å². The SMILES string of the molecule is Cc1ccc(S(=O)(=O)N2CCCC2C(=O)N(C)CCC(N)C(C)C)s1. The van der Waals surface area contributed by atoms with Crippen LogP contribution < -0.4 is 5.73 Å². The lowest BCUT2D eigenvalue weighted by Crippen LogP contribution is -2.47. The van der Waals surface area contributed by atoms with Crippen LogP contribution in [0, 0.1) is 12.8 Å². The van der Waals surface area contributed by atoms with Crippen molar-refractivity contribution in [1.82, 2.24) is 9.21 Å². The van der Waals surface area contributed by atoms with Crippen LogP contribution in [0.15, 0.2) is 16.3 Å². The van der Waals surface area contributed by atoms with E-state index in [1.54, 1.807) is 24.1 Å². The van der Waals surface area contributed by atoms with Gasteiger partial charge in [-0.05, 0) is 44.2 Å². The van der Waals surface area contributed by atoms with Gasteiger partial charge in [-0.1, -0.05) is 13.8 Å². The van der Waals surface area contributed by atoms with Crippen LogP contribution in [0.5, 0.6) is 0 Å². The monoisotopic (exact) mass is 387 g/mol. The summed E-state index contributed by atoms with van der Waals surface area (Å²) in [6.07, 6.45) is 1.99. The minimum Gasteiger partial charge on any atom is -0.344 e. The van der Waals surface area contributed by atoms with Crippen molar-refractivity contribution in [3.05, 3.63) is 17.0 Å². The summed E-state index contributed by atoms with van der Waals surface area (Å²) in [5.74, 6) is 0.222. The van der Waals surface area contributed by atoms with Gasteiger partial charge in [0, 0.05) is 31.1 Å². The Morgan fingerprint density at radius 3 is 2.68 bits per heavy atom. The second kappa shape index (κ2) is 8.16. The molecule has 2 heterocycles. The molecule has 1 amide bonds. The molecule has 0 aliphatic carbocycles. The van der Waals surface area contributed by atoms with Gasteiger partial charge < -0.3 is 10.6 Å². The first-order valence-electron chi connectivity index (χ1n) is 8.73. The van der Waals surface area contributed by atoms with Crippen LogP contribution in [0.1, 0.15) is 38.0 Å². The fourth-order valence-electron chi connectivity index (χ4n) is 2.98. The summed E-state index contributed by atoms with van der Waals surface area (Å²) in [7, 11) is -1.88. The zero-order valence-corrected chi connectivity index (χ0v) is 17.1. The van der Waals surface area contributed by atoms with Crippen LogP contribution >= 0.6 is 11.3 Å². The molecule has 2 atom stereocenters. The second-order valence-corrected chi connectivity index (χ2v) is 10.5. The van der Waals surface area contributed by atoms with Crippen LogP contribution in [0.2, 0.25) is 0 Å². The summed E-state index contributed by atoms with van der Waals surface area (Å²) in [6.45, 7) is 6.93. The first-order valence-corrected chi connectivity index (χ1v) is 11.0. The maximum Gasteiger partial charge on any atom is 0.253 e. The molecule has 0 spiro atoms. The minimum atomic E-state index is -3.61. The lowest BCUT2D eigenvalue weighted by atomic mass is 10.0. The van der Waals surface area contributed by atoms with Gasteiger partial charge in [0.2, 0.25) is 5.91 Å². The molecular formula is C17H29N3O3S2. The molecule has 1 aromatic heterocycles.